The van der Waals surface area contributed by atoms with Crippen molar-refractivity contribution in [2.45, 2.75) is 29.9 Å². The van der Waals surface area contributed by atoms with E-state index in [1.54, 1.807) is 0 Å². The molecule has 1 aromatic heterocycles. The Hall–Kier alpha value is -1.76. The molecule has 8 N–H and O–H groups in total. The summed E-state index contributed by atoms with van der Waals surface area (Å²) in [6.07, 6.45) is -2.92. The van der Waals surface area contributed by atoms with E-state index in [2.05, 4.69) is 20.6 Å². The van der Waals surface area contributed by atoms with Gasteiger partial charge >= 0.3 is 0 Å². The second kappa shape index (κ2) is 4.87. The number of aromatic amines is 1. The zero-order valence-electron chi connectivity index (χ0n) is 11.6. The molecule has 2 aliphatic rings. The first-order valence-corrected chi connectivity index (χ1v) is 6.51. The van der Waals surface area contributed by atoms with Crippen molar-refractivity contribution in [1.82, 2.24) is 15.3 Å². The van der Waals surface area contributed by atoms with Crippen molar-refractivity contribution in [2.24, 2.45) is 5.73 Å². The van der Waals surface area contributed by atoms with Crippen LogP contribution in [0.25, 0.3) is 0 Å². The summed E-state index contributed by atoms with van der Waals surface area (Å²) < 4.78 is 10.7. The molecule has 1 aromatic rings. The SMILES string of the molecule is COC1(C2(N)NC(=O)c3nc[nH]c3N2)O[C@H](CO)[C@@H](O)[C@H]1O. The van der Waals surface area contributed by atoms with Gasteiger partial charge in [0.2, 0.25) is 5.79 Å². The number of nitrogens with two attached hydrogens (primary N) is 1. The van der Waals surface area contributed by atoms with Gasteiger partial charge in [0.05, 0.1) is 12.9 Å². The van der Waals surface area contributed by atoms with E-state index >= 15 is 0 Å². The largest absolute Gasteiger partial charge is 0.394 e. The van der Waals surface area contributed by atoms with E-state index in [0.29, 0.717) is 0 Å². The quantitative estimate of drug-likeness (QED) is 0.300. The number of amides is 1. The van der Waals surface area contributed by atoms with Gasteiger partial charge in [-0.3, -0.25) is 10.5 Å². The highest BCUT2D eigenvalue weighted by Crippen LogP contribution is 2.40. The van der Waals surface area contributed by atoms with E-state index in [-0.39, 0.29) is 11.5 Å². The van der Waals surface area contributed by atoms with Crippen LogP contribution in [0.2, 0.25) is 0 Å². The Morgan fingerprint density at radius 2 is 2.23 bits per heavy atom. The van der Waals surface area contributed by atoms with Crippen molar-refractivity contribution in [3.63, 3.8) is 0 Å². The number of nitrogens with one attached hydrogen (secondary N) is 3. The first-order chi connectivity index (χ1) is 10.4. The molecule has 22 heavy (non-hydrogen) atoms. The van der Waals surface area contributed by atoms with Crippen molar-refractivity contribution in [1.29, 1.82) is 0 Å². The number of hydrogen-bond acceptors (Lipinski definition) is 9. The molecule has 122 valence electrons. The molecule has 0 spiro atoms. The minimum Gasteiger partial charge on any atom is -0.394 e. The minimum absolute atomic E-state index is 0.0825. The van der Waals surface area contributed by atoms with Gasteiger partial charge in [-0.2, -0.15) is 0 Å². The van der Waals surface area contributed by atoms with Crippen LogP contribution in [0.1, 0.15) is 10.5 Å². The lowest BCUT2D eigenvalue weighted by Crippen LogP contribution is -2.79. The van der Waals surface area contributed by atoms with Gasteiger partial charge in [0, 0.05) is 7.11 Å². The van der Waals surface area contributed by atoms with Crippen molar-refractivity contribution >= 4 is 11.7 Å². The van der Waals surface area contributed by atoms with Gasteiger partial charge in [-0.1, -0.05) is 0 Å². The lowest BCUT2D eigenvalue weighted by molar-refractivity contribution is -0.281. The maximum atomic E-state index is 12.1. The first kappa shape index (κ1) is 15.1. The summed E-state index contributed by atoms with van der Waals surface area (Å²) in [6.45, 7) is -0.567. The Balaban J connectivity index is 2.02. The van der Waals surface area contributed by atoms with Crippen molar-refractivity contribution in [3.05, 3.63) is 12.0 Å². The van der Waals surface area contributed by atoms with Gasteiger partial charge in [-0.25, -0.2) is 4.98 Å². The van der Waals surface area contributed by atoms with E-state index in [1.165, 1.54) is 13.4 Å². The molecular formula is C11H17N5O6. The van der Waals surface area contributed by atoms with E-state index in [4.69, 9.17) is 15.2 Å². The molecule has 3 heterocycles. The Kier molecular flexibility index (Phi) is 3.36. The summed E-state index contributed by atoms with van der Waals surface area (Å²) >= 11 is 0. The smallest absolute Gasteiger partial charge is 0.276 e. The van der Waals surface area contributed by atoms with Crippen LogP contribution in [0, 0.1) is 0 Å². The van der Waals surface area contributed by atoms with Crippen LogP contribution >= 0.6 is 0 Å². The fourth-order valence-electron chi connectivity index (χ4n) is 2.80. The summed E-state index contributed by atoms with van der Waals surface area (Å²) in [7, 11) is 1.20. The maximum Gasteiger partial charge on any atom is 0.276 e. The van der Waals surface area contributed by atoms with Gasteiger partial charge in [0.25, 0.3) is 11.7 Å². The molecule has 11 nitrogen and oxygen atoms in total. The molecule has 0 aromatic carbocycles. The van der Waals surface area contributed by atoms with Crippen molar-refractivity contribution in [2.75, 3.05) is 19.0 Å². The van der Waals surface area contributed by atoms with Gasteiger partial charge < -0.3 is 40.4 Å². The Bertz CT molecular complexity index is 595. The molecule has 1 saturated heterocycles. The van der Waals surface area contributed by atoms with Crippen LogP contribution in [0.15, 0.2) is 6.33 Å². The van der Waals surface area contributed by atoms with Crippen LogP contribution in [0.4, 0.5) is 5.82 Å². The van der Waals surface area contributed by atoms with Crippen molar-refractivity contribution < 1.29 is 29.6 Å². The summed E-state index contributed by atoms with van der Waals surface area (Å²) in [6, 6.07) is 0. The fraction of sp³-hybridized carbons (Fsp3) is 0.636. The van der Waals surface area contributed by atoms with Crippen LogP contribution in [0.5, 0.6) is 0 Å². The van der Waals surface area contributed by atoms with Gasteiger partial charge in [0.1, 0.15) is 24.1 Å². The molecule has 5 atom stereocenters. The number of hydrogen-bond donors (Lipinski definition) is 7. The van der Waals surface area contributed by atoms with Gasteiger partial charge in [-0.15, -0.1) is 0 Å². The third-order valence-electron chi connectivity index (χ3n) is 3.94. The fourth-order valence-corrected chi connectivity index (χ4v) is 2.80. The highest BCUT2D eigenvalue weighted by Gasteiger charge is 2.67. The third kappa shape index (κ3) is 1.78. The Labute approximate surface area is 124 Å². The molecule has 0 bridgehead atoms. The average molecular weight is 315 g/mol. The number of aliphatic hydroxyl groups excluding tert-OH is 3. The molecule has 1 fully saturated rings. The number of aliphatic hydroxyl groups is 3. The number of carbonyl (C=O) groups is 1. The number of anilines is 1. The average Bonchev–Trinajstić information content (AvgIpc) is 3.04. The third-order valence-corrected chi connectivity index (χ3v) is 3.94. The lowest BCUT2D eigenvalue weighted by Gasteiger charge is -2.47. The Morgan fingerprint density at radius 1 is 1.50 bits per heavy atom. The van der Waals surface area contributed by atoms with E-state index < -0.39 is 42.4 Å². The topological polar surface area (TPSA) is 175 Å². The molecule has 3 rings (SSSR count). The number of nitrogens with zero attached hydrogens (tertiary/aromatic N) is 1. The number of carbonyl (C=O) groups excluding carboxylic acids is 1. The summed E-state index contributed by atoms with van der Waals surface area (Å²) in [5.74, 6) is -4.35. The molecule has 0 saturated carbocycles. The van der Waals surface area contributed by atoms with Crippen molar-refractivity contribution in [3.8, 4) is 0 Å². The standard InChI is InChI=1S/C11H17N5O6/c1-21-10(7(19)6(18)4(2-17)22-10)11(12)15-8-5(9(20)16-11)13-3-14-8/h3-4,6-7,15,17-19H,2,12H2,1H3,(H,13,14)(H,16,20)/t4-,6-,7-,10?,11?/m1/s1. The van der Waals surface area contributed by atoms with E-state index in [0.717, 1.165) is 0 Å². The second-order valence-corrected chi connectivity index (χ2v) is 5.16. The number of H-pyrrole nitrogens is 1. The highest BCUT2D eigenvalue weighted by atomic mass is 16.7. The Morgan fingerprint density at radius 3 is 2.82 bits per heavy atom. The van der Waals surface area contributed by atoms with Crippen LogP contribution in [-0.4, -0.2) is 74.8 Å². The predicted molar refractivity (Wildman–Crippen MR) is 70.3 cm³/mol. The zero-order valence-corrected chi connectivity index (χ0v) is 11.6. The number of methoxy groups -OCH3 is 1. The first-order valence-electron chi connectivity index (χ1n) is 6.51. The lowest BCUT2D eigenvalue weighted by atomic mass is 9.97. The number of fused-ring (bicyclic) bond motifs is 1. The van der Waals surface area contributed by atoms with Gasteiger partial charge in [-0.05, 0) is 0 Å². The summed E-state index contributed by atoms with van der Waals surface area (Å²) in [5, 5.41) is 34.6. The predicted octanol–water partition coefficient (Wildman–Crippen LogP) is -3.37. The normalized spacial score (nSPS) is 41.0. The summed E-state index contributed by atoms with van der Waals surface area (Å²) in [4.78, 5) is 18.6. The zero-order chi connectivity index (χ0) is 16.1. The molecule has 1 amide bonds. The molecule has 0 radical (unpaired) electrons. The maximum absolute atomic E-state index is 12.1. The number of imidazole rings is 1. The molecule has 11 heteroatoms. The highest BCUT2D eigenvalue weighted by molar-refractivity contribution is 5.99. The summed E-state index contributed by atoms with van der Waals surface area (Å²) in [5.41, 5.74) is 6.23. The molecule has 2 unspecified atom stereocenters. The van der Waals surface area contributed by atoms with Crippen LogP contribution in [0.3, 0.4) is 0 Å². The molecule has 0 aliphatic carbocycles. The second-order valence-electron chi connectivity index (χ2n) is 5.16. The van der Waals surface area contributed by atoms with Crippen LogP contribution in [-0.2, 0) is 9.47 Å². The number of rotatable bonds is 3. The number of ether oxygens (including phenoxy) is 2. The minimum atomic E-state index is -2.03. The molecular weight excluding hydrogens is 298 g/mol. The van der Waals surface area contributed by atoms with E-state index in [9.17, 15) is 20.1 Å². The number of aromatic nitrogens is 2. The van der Waals surface area contributed by atoms with Crippen LogP contribution < -0.4 is 16.4 Å². The van der Waals surface area contributed by atoms with Gasteiger partial charge in [0.15, 0.2) is 5.69 Å². The molecule has 2 aliphatic heterocycles. The monoisotopic (exact) mass is 315 g/mol. The van der Waals surface area contributed by atoms with E-state index in [1.807, 2.05) is 0 Å².